The Morgan fingerprint density at radius 1 is 0.444 bits per heavy atom. The summed E-state index contributed by atoms with van der Waals surface area (Å²) in [5.41, 5.74) is 18.4. The van der Waals surface area contributed by atoms with Crippen molar-refractivity contribution < 1.29 is 16.2 Å². The Morgan fingerprint density at radius 2 is 1.04 bits per heavy atom. The first-order chi connectivity index (χ1) is 41.9. The second-order valence-electron chi connectivity index (χ2n) is 21.7. The molecule has 0 amide bonds. The number of benzene rings is 11. The van der Waals surface area contributed by atoms with Gasteiger partial charge in [-0.05, 0) is 156 Å². The average Bonchev–Trinajstić information content (AvgIpc) is 1.56. The average molecular weight is 1040 g/mol. The van der Waals surface area contributed by atoms with Crippen LogP contribution in [0.2, 0.25) is 0 Å². The number of pyridine rings is 1. The number of fused-ring (bicyclic) bond motifs is 10. The first-order valence-corrected chi connectivity index (χ1v) is 27.4. The summed E-state index contributed by atoms with van der Waals surface area (Å²) < 4.78 is 58.9. The number of hydrogen-bond donors (Lipinski definition) is 0. The van der Waals surface area contributed by atoms with Crippen LogP contribution in [0.15, 0.2) is 273 Å². The van der Waals surface area contributed by atoms with E-state index >= 15 is 0 Å². The highest BCUT2D eigenvalue weighted by atomic mass is 16.5. The lowest BCUT2D eigenvalue weighted by Crippen LogP contribution is -2.32. The number of rotatable bonds is 8. The summed E-state index contributed by atoms with van der Waals surface area (Å²) in [6.45, 7) is 6.66. The summed E-state index contributed by atoms with van der Waals surface area (Å²) in [4.78, 5) is 4.92. The first kappa shape index (κ1) is 42.6. The Kier molecular flexibility index (Phi) is 10.1. The third-order valence-corrected chi connectivity index (χ3v) is 15.8. The van der Waals surface area contributed by atoms with Gasteiger partial charge in [0.15, 0.2) is 0 Å². The van der Waals surface area contributed by atoms with Crippen LogP contribution in [0.5, 0.6) is 11.5 Å². The number of para-hydroxylation sites is 3. The zero-order chi connectivity index (χ0) is 58.5. The van der Waals surface area contributed by atoms with E-state index in [9.17, 15) is 2.74 Å². The molecule has 5 nitrogen and oxygen atoms in total. The molecular weight excluding hydrogens is 985 g/mol. The maximum atomic E-state index is 9.46. The van der Waals surface area contributed by atoms with Gasteiger partial charge in [0.2, 0.25) is 0 Å². The molecule has 1 aliphatic rings. The van der Waals surface area contributed by atoms with Crippen LogP contribution in [0.4, 0.5) is 0 Å². The predicted molar refractivity (Wildman–Crippen MR) is 333 cm³/mol. The van der Waals surface area contributed by atoms with E-state index in [0.717, 1.165) is 117 Å². The largest absolute Gasteiger partial charge is 0.458 e. The third-order valence-electron chi connectivity index (χ3n) is 15.8. The quantitative estimate of drug-likeness (QED) is 0.112. The third kappa shape index (κ3) is 8.24. The molecule has 0 bridgehead atoms. The highest BCUT2D eigenvalue weighted by molar-refractivity contribution is 6.10. The van der Waals surface area contributed by atoms with Crippen molar-refractivity contribution >= 4 is 32.8 Å². The predicted octanol–water partition coefficient (Wildman–Crippen LogP) is 19.3. The van der Waals surface area contributed by atoms with Gasteiger partial charge in [-0.25, -0.2) is 4.98 Å². The molecule has 1 aliphatic heterocycles. The molecule has 4 heterocycles. The van der Waals surface area contributed by atoms with Crippen molar-refractivity contribution in [1.82, 2.24) is 14.1 Å². The van der Waals surface area contributed by atoms with Crippen LogP contribution in [0.3, 0.4) is 0 Å². The minimum Gasteiger partial charge on any atom is -0.458 e. The normalized spacial score (nSPS) is 12.8. The molecule has 0 spiro atoms. The summed E-state index contributed by atoms with van der Waals surface area (Å²) >= 11 is 0. The molecule has 0 fully saturated rings. The maximum Gasteiger partial charge on any atom is 0.269 e. The lowest BCUT2D eigenvalue weighted by molar-refractivity contribution is -0.570. The molecule has 0 N–H and O–H groups in total. The van der Waals surface area contributed by atoms with E-state index in [1.54, 1.807) is 0 Å². The standard InChI is InChI=1S/C76H54N4O/c1-76(2,3)56-41-42-77-72(46-56)80-69-37-16-15-31-64(69)65-40-39-59(48-71(65)80)81-58-28-17-27-57(47-58)78-49-79-74-61(55-44-53(50-21-7-4-8-22-50)43-54(45-55)51-23-9-5-10-24-51)33-19-36-68(74)73-60(52-25-11-6-12-26-52)32-18-34-66(73)62-29-13-14-30-63(62)67-35-20-38-70(78)75(67)79/h4-48H,1-3H3/i6D,11D,12D,25D,26D. The van der Waals surface area contributed by atoms with Gasteiger partial charge >= 0.3 is 0 Å². The van der Waals surface area contributed by atoms with E-state index < -0.39 is 18.1 Å². The zero-order valence-electron chi connectivity index (χ0n) is 49.8. The van der Waals surface area contributed by atoms with Crippen molar-refractivity contribution in [3.05, 3.63) is 285 Å². The molecule has 0 saturated heterocycles. The fraction of sp³-hybridized carbons (Fsp3) is 0.0526. The zero-order valence-corrected chi connectivity index (χ0v) is 44.8. The van der Waals surface area contributed by atoms with Crippen LogP contribution in [0.1, 0.15) is 33.2 Å². The van der Waals surface area contributed by atoms with Gasteiger partial charge in [0.25, 0.3) is 6.33 Å². The number of imidazole rings is 1. The van der Waals surface area contributed by atoms with E-state index in [0.29, 0.717) is 17.1 Å². The summed E-state index contributed by atoms with van der Waals surface area (Å²) in [5, 5.41) is 2.22. The van der Waals surface area contributed by atoms with E-state index in [1.165, 1.54) is 5.56 Å². The van der Waals surface area contributed by atoms with E-state index in [1.807, 2.05) is 54.7 Å². The van der Waals surface area contributed by atoms with Gasteiger partial charge in [0.05, 0.1) is 40.3 Å². The second kappa shape index (κ2) is 19.2. The van der Waals surface area contributed by atoms with Crippen LogP contribution >= 0.6 is 0 Å². The lowest BCUT2D eigenvalue weighted by Gasteiger charge is -2.22. The summed E-state index contributed by atoms with van der Waals surface area (Å²) in [6.07, 6.45) is 5.85. The number of aromatic nitrogens is 4. The number of nitrogens with zero attached hydrogens (tertiary/aromatic N) is 4. The molecule has 5 heteroatoms. The molecule has 3 aromatic heterocycles. The van der Waals surface area contributed by atoms with Crippen LogP contribution in [-0.4, -0.2) is 14.1 Å². The molecule has 11 aromatic carbocycles. The van der Waals surface area contributed by atoms with Crippen molar-refractivity contribution in [2.45, 2.75) is 26.2 Å². The van der Waals surface area contributed by atoms with Gasteiger partial charge in [-0.2, -0.15) is 0 Å². The number of hydrogen-bond acceptors (Lipinski definition) is 2. The topological polar surface area (TPSA) is 35.9 Å². The fourth-order valence-corrected chi connectivity index (χ4v) is 12.0. The van der Waals surface area contributed by atoms with E-state index in [-0.39, 0.29) is 23.1 Å². The molecule has 14 aromatic rings. The summed E-state index contributed by atoms with van der Waals surface area (Å²) in [5.74, 6) is 2.14. The van der Waals surface area contributed by atoms with Crippen LogP contribution < -0.4 is 9.30 Å². The van der Waals surface area contributed by atoms with Crippen LogP contribution in [0, 0.1) is 6.33 Å². The number of ether oxygens (including phenoxy) is 1. The molecule has 0 saturated carbocycles. The molecule has 0 unspecified atom stereocenters. The van der Waals surface area contributed by atoms with Crippen molar-refractivity contribution in [3.8, 4) is 107 Å². The SMILES string of the molecule is [2H]c1c([2H])c([2H])c(-c2cccc3c2-c2cccc(-c4cc(-c5ccccc5)cc(-c5ccccc5)c4)c2-[n+]2[c-]n(-c4cccc(Oc5ccc6c7ccccc7n(-c7cc(C(C)(C)C)ccn7)c6c5)c4)c4cccc(c42)-c2ccccc2-3)c([2H])c1[2H]. The smallest absolute Gasteiger partial charge is 0.269 e. The van der Waals surface area contributed by atoms with Crippen molar-refractivity contribution in [3.63, 3.8) is 0 Å². The highest BCUT2D eigenvalue weighted by Crippen LogP contribution is 2.49. The van der Waals surface area contributed by atoms with Gasteiger partial charge < -0.3 is 4.74 Å². The Hall–Kier alpha value is -10.4. The molecule has 0 radical (unpaired) electrons. The Morgan fingerprint density at radius 3 is 1.80 bits per heavy atom. The summed E-state index contributed by atoms with van der Waals surface area (Å²) in [6, 6.07) is 79.8. The monoisotopic (exact) mass is 1040 g/mol. The summed E-state index contributed by atoms with van der Waals surface area (Å²) in [7, 11) is 0. The molecule has 0 aliphatic carbocycles. The Balaban J connectivity index is 0.979. The van der Waals surface area contributed by atoms with Gasteiger partial charge in [-0.15, -0.1) is 0 Å². The van der Waals surface area contributed by atoms with Crippen molar-refractivity contribution in [1.29, 1.82) is 0 Å². The van der Waals surface area contributed by atoms with Crippen molar-refractivity contribution in [2.24, 2.45) is 0 Å². The lowest BCUT2D eigenvalue weighted by atomic mass is 9.83. The molecule has 0 atom stereocenters. The van der Waals surface area contributed by atoms with Crippen LogP contribution in [0.25, 0.3) is 128 Å². The molecule has 15 rings (SSSR count). The van der Waals surface area contributed by atoms with Gasteiger partial charge in [0.1, 0.15) is 17.3 Å². The Bertz CT molecular complexity index is 4990. The minimum absolute atomic E-state index is 0.0712. The molecule has 384 valence electrons. The minimum atomic E-state index is -0.445. The van der Waals surface area contributed by atoms with Crippen molar-refractivity contribution in [2.75, 3.05) is 0 Å². The maximum absolute atomic E-state index is 9.46. The first-order valence-electron chi connectivity index (χ1n) is 29.9. The van der Waals surface area contributed by atoms with E-state index in [4.69, 9.17) is 13.8 Å². The fourth-order valence-electron chi connectivity index (χ4n) is 12.0. The highest BCUT2D eigenvalue weighted by Gasteiger charge is 2.29. The van der Waals surface area contributed by atoms with Crippen LogP contribution in [-0.2, 0) is 5.41 Å². The van der Waals surface area contributed by atoms with Gasteiger partial charge in [-0.1, -0.05) is 215 Å². The van der Waals surface area contributed by atoms with E-state index in [2.05, 4.69) is 229 Å². The molecule has 81 heavy (non-hydrogen) atoms. The second-order valence-corrected chi connectivity index (χ2v) is 21.7. The van der Waals surface area contributed by atoms with Gasteiger partial charge in [-0.3, -0.25) is 13.7 Å². The van der Waals surface area contributed by atoms with Gasteiger partial charge in [0, 0.05) is 23.0 Å². The molecular formula is C76H54N4O. The Labute approximate surface area is 478 Å².